The number of hydrogen-bond acceptors (Lipinski definition) is 7. The average molecular weight is 577 g/mol. The summed E-state index contributed by atoms with van der Waals surface area (Å²) in [5, 5.41) is 17.5. The molecule has 0 bridgehead atoms. The second-order valence-corrected chi connectivity index (χ2v) is 10.8. The van der Waals surface area contributed by atoms with E-state index in [-0.39, 0.29) is 17.5 Å². The van der Waals surface area contributed by atoms with Gasteiger partial charge in [-0.1, -0.05) is 24.3 Å². The number of carbonyl (C=O) groups is 1. The smallest absolute Gasteiger partial charge is 0.324 e. The number of para-hydroxylation sites is 1. The van der Waals surface area contributed by atoms with Crippen molar-refractivity contribution in [2.45, 2.75) is 57.7 Å². The van der Waals surface area contributed by atoms with Gasteiger partial charge >= 0.3 is 6.18 Å². The highest BCUT2D eigenvalue weighted by Gasteiger charge is 2.38. The number of hydrogen-bond donors (Lipinski definition) is 2. The zero-order valence-electron chi connectivity index (χ0n) is 23.2. The number of rotatable bonds is 6. The Bertz CT molecular complexity index is 1580. The number of carbonyl (C=O) groups excluding carboxylic acids is 1. The number of fused-ring (bicyclic) bond motifs is 1. The second kappa shape index (κ2) is 11.5. The maximum atomic E-state index is 13.7. The van der Waals surface area contributed by atoms with E-state index in [0.717, 1.165) is 43.5 Å². The minimum absolute atomic E-state index is 0.00234. The van der Waals surface area contributed by atoms with Crippen LogP contribution in [0.3, 0.4) is 0 Å². The number of nitrogens with zero attached hydrogens (tertiary/aromatic N) is 6. The van der Waals surface area contributed by atoms with Crippen LogP contribution in [-0.2, 0) is 19.0 Å². The molecule has 1 aliphatic heterocycles. The molecule has 218 valence electrons. The number of halogens is 3. The van der Waals surface area contributed by atoms with Gasteiger partial charge in [-0.2, -0.15) is 22.8 Å². The third-order valence-electron chi connectivity index (χ3n) is 7.91. The van der Waals surface area contributed by atoms with Gasteiger partial charge in [-0.25, -0.2) is 0 Å². The Balaban J connectivity index is 1.25. The Kier molecular flexibility index (Phi) is 7.63. The Morgan fingerprint density at radius 2 is 1.67 bits per heavy atom. The Morgan fingerprint density at radius 1 is 0.929 bits per heavy atom. The third-order valence-corrected chi connectivity index (χ3v) is 7.91. The van der Waals surface area contributed by atoms with Crippen LogP contribution in [0, 0.1) is 6.92 Å². The monoisotopic (exact) mass is 576 g/mol. The first kappa shape index (κ1) is 27.8. The predicted molar refractivity (Wildman–Crippen MR) is 152 cm³/mol. The summed E-state index contributed by atoms with van der Waals surface area (Å²) in [5.41, 5.74) is 4.11. The molecule has 1 fully saturated rings. The van der Waals surface area contributed by atoms with Gasteiger partial charge in [0.2, 0.25) is 5.95 Å². The van der Waals surface area contributed by atoms with Crippen LogP contribution < -0.4 is 10.6 Å². The van der Waals surface area contributed by atoms with Gasteiger partial charge in [-0.15, -0.1) is 15.3 Å². The van der Waals surface area contributed by atoms with Gasteiger partial charge in [0.15, 0.2) is 11.5 Å². The molecule has 42 heavy (non-hydrogen) atoms. The number of aryl methyl sites for hydroxylation is 3. The molecule has 2 aliphatic rings. The standard InChI is InChI=1S/C30H31F3N8O/c1-19-17-25(37-38-26(19)27(42)34-22-7-3-2-4-8-22)41-29(36-28(39-41)30(31,32)33)35-23-12-9-20-10-13-24(14-11-21(20)18-23)40-15-5-6-16-40/h2-4,7-9,12,17-18,24H,5-6,10-11,13-16H2,1H3,(H,34,42)(H,35,36,39). The van der Waals surface area contributed by atoms with Gasteiger partial charge in [-0.05, 0) is 106 Å². The van der Waals surface area contributed by atoms with Crippen molar-refractivity contribution in [3.63, 3.8) is 0 Å². The summed E-state index contributed by atoms with van der Waals surface area (Å²) in [5.74, 6) is -1.94. The number of likely N-dealkylation sites (tertiary alicyclic amines) is 1. The molecular formula is C30H31F3N8O. The molecule has 4 aromatic rings. The normalized spacial score (nSPS) is 17.5. The molecule has 0 saturated carbocycles. The van der Waals surface area contributed by atoms with Gasteiger partial charge in [0, 0.05) is 17.4 Å². The van der Waals surface area contributed by atoms with Crippen LogP contribution in [0.15, 0.2) is 54.6 Å². The number of aromatic nitrogens is 5. The Hall–Kier alpha value is -4.32. The highest BCUT2D eigenvalue weighted by molar-refractivity contribution is 6.03. The zero-order chi connectivity index (χ0) is 29.3. The second-order valence-electron chi connectivity index (χ2n) is 10.8. The highest BCUT2D eigenvalue weighted by Crippen LogP contribution is 2.31. The summed E-state index contributed by atoms with van der Waals surface area (Å²) >= 11 is 0. The van der Waals surface area contributed by atoms with Gasteiger partial charge in [0.05, 0.1) is 0 Å². The van der Waals surface area contributed by atoms with Gasteiger partial charge < -0.3 is 15.5 Å². The molecule has 1 amide bonds. The average Bonchev–Trinajstić information content (AvgIpc) is 3.61. The summed E-state index contributed by atoms with van der Waals surface area (Å²) in [6, 6.07) is 16.8. The molecule has 2 N–H and O–H groups in total. The van der Waals surface area contributed by atoms with E-state index in [4.69, 9.17) is 0 Å². The number of nitrogens with one attached hydrogen (secondary N) is 2. The first-order valence-electron chi connectivity index (χ1n) is 14.1. The van der Waals surface area contributed by atoms with Crippen LogP contribution >= 0.6 is 0 Å². The lowest BCUT2D eigenvalue weighted by molar-refractivity contribution is -0.144. The summed E-state index contributed by atoms with van der Waals surface area (Å²) < 4.78 is 42.0. The molecule has 0 radical (unpaired) electrons. The first-order chi connectivity index (χ1) is 20.2. The summed E-state index contributed by atoms with van der Waals surface area (Å²) in [6.45, 7) is 3.95. The lowest BCUT2D eigenvalue weighted by atomic mass is 10.0. The molecule has 0 spiro atoms. The molecule has 1 aliphatic carbocycles. The third kappa shape index (κ3) is 5.98. The summed E-state index contributed by atoms with van der Waals surface area (Å²) in [4.78, 5) is 19.1. The lowest BCUT2D eigenvalue weighted by Gasteiger charge is -2.25. The van der Waals surface area contributed by atoms with Crippen LogP contribution in [0.5, 0.6) is 0 Å². The van der Waals surface area contributed by atoms with Gasteiger partial charge in [0.25, 0.3) is 11.7 Å². The molecule has 1 saturated heterocycles. The maximum Gasteiger partial charge on any atom is 0.453 e. The first-order valence-corrected chi connectivity index (χ1v) is 14.1. The van der Waals surface area contributed by atoms with E-state index in [1.807, 2.05) is 24.3 Å². The van der Waals surface area contributed by atoms with Crippen molar-refractivity contribution in [1.82, 2.24) is 29.9 Å². The van der Waals surface area contributed by atoms with Crippen molar-refractivity contribution in [2.24, 2.45) is 0 Å². The fourth-order valence-corrected chi connectivity index (χ4v) is 5.75. The quantitative estimate of drug-likeness (QED) is 0.283. The van der Waals surface area contributed by atoms with Crippen molar-refractivity contribution in [2.75, 3.05) is 23.7 Å². The van der Waals surface area contributed by atoms with Crippen LogP contribution in [0.25, 0.3) is 5.82 Å². The lowest BCUT2D eigenvalue weighted by Crippen LogP contribution is -2.32. The number of benzene rings is 2. The van der Waals surface area contributed by atoms with Crippen LogP contribution in [0.4, 0.5) is 30.5 Å². The fraction of sp³-hybridized carbons (Fsp3) is 0.367. The van der Waals surface area contributed by atoms with Crippen LogP contribution in [0.1, 0.15) is 58.7 Å². The molecule has 6 rings (SSSR count). The van der Waals surface area contributed by atoms with Crippen molar-refractivity contribution in [1.29, 1.82) is 0 Å². The molecule has 3 heterocycles. The minimum Gasteiger partial charge on any atom is -0.324 e. The van der Waals surface area contributed by atoms with E-state index in [9.17, 15) is 18.0 Å². The van der Waals surface area contributed by atoms with E-state index in [0.29, 0.717) is 23.0 Å². The number of amides is 1. The van der Waals surface area contributed by atoms with E-state index in [1.54, 1.807) is 31.2 Å². The maximum absolute atomic E-state index is 13.7. The van der Waals surface area contributed by atoms with Crippen LogP contribution in [-0.4, -0.2) is 54.9 Å². The number of alkyl halides is 3. The highest BCUT2D eigenvalue weighted by atomic mass is 19.4. The van der Waals surface area contributed by atoms with E-state index in [2.05, 4.69) is 35.8 Å². The largest absolute Gasteiger partial charge is 0.453 e. The van der Waals surface area contributed by atoms with E-state index < -0.39 is 17.9 Å². The van der Waals surface area contributed by atoms with Crippen molar-refractivity contribution < 1.29 is 18.0 Å². The Morgan fingerprint density at radius 3 is 2.38 bits per heavy atom. The number of anilines is 3. The van der Waals surface area contributed by atoms with Crippen molar-refractivity contribution in [3.8, 4) is 5.82 Å². The summed E-state index contributed by atoms with van der Waals surface area (Å²) in [7, 11) is 0. The molecule has 2 aromatic carbocycles. The van der Waals surface area contributed by atoms with Crippen molar-refractivity contribution >= 4 is 23.2 Å². The fourth-order valence-electron chi connectivity index (χ4n) is 5.75. The van der Waals surface area contributed by atoms with Gasteiger partial charge in [-0.3, -0.25) is 4.79 Å². The predicted octanol–water partition coefficient (Wildman–Crippen LogP) is 5.72. The molecule has 2 aromatic heterocycles. The Labute approximate surface area is 241 Å². The summed E-state index contributed by atoms with van der Waals surface area (Å²) in [6.07, 6.45) is 1.80. The molecule has 9 nitrogen and oxygen atoms in total. The molecule has 1 atom stereocenters. The van der Waals surface area contributed by atoms with Crippen molar-refractivity contribution in [3.05, 3.63) is 82.8 Å². The molecular weight excluding hydrogens is 545 g/mol. The topological polar surface area (TPSA) is 101 Å². The van der Waals surface area contributed by atoms with E-state index in [1.165, 1.54) is 30.0 Å². The van der Waals surface area contributed by atoms with Crippen LogP contribution in [0.2, 0.25) is 0 Å². The minimum atomic E-state index is -4.77. The van der Waals surface area contributed by atoms with E-state index >= 15 is 0 Å². The SMILES string of the molecule is Cc1cc(-n2nc(C(F)(F)F)nc2Nc2ccc3c(c2)CCC(N2CCCC2)CC3)nnc1C(=O)Nc1ccccc1. The molecule has 1 unspecified atom stereocenters. The zero-order valence-corrected chi connectivity index (χ0v) is 23.2. The molecule has 12 heteroatoms. The van der Waals surface area contributed by atoms with Gasteiger partial charge in [0.1, 0.15) is 0 Å².